The fourth-order valence-electron chi connectivity index (χ4n) is 2.74. The van der Waals surface area contributed by atoms with Crippen molar-refractivity contribution >= 4 is 17.8 Å². The molecule has 0 bridgehead atoms. The molecule has 1 unspecified atom stereocenters. The van der Waals surface area contributed by atoms with Crippen molar-refractivity contribution in [2.75, 3.05) is 12.3 Å². The number of rotatable bonds is 1. The standard InChI is InChI=1S/C14H22N4OS/c1-9-10(2)18-6-5-17(7-12(18)15-9)13(19)16-11-8-20-14(11,3)4/h11H,5-8H2,1-4H3,(H,16,19). The Hall–Kier alpha value is -1.17. The predicted molar refractivity (Wildman–Crippen MR) is 81.0 cm³/mol. The molecule has 6 heteroatoms. The summed E-state index contributed by atoms with van der Waals surface area (Å²) >= 11 is 1.90. The van der Waals surface area contributed by atoms with Gasteiger partial charge in [0.15, 0.2) is 0 Å². The predicted octanol–water partition coefficient (Wildman–Crippen LogP) is 1.92. The number of carbonyl (C=O) groups is 1. The zero-order valence-corrected chi connectivity index (χ0v) is 13.4. The number of aryl methyl sites for hydroxylation is 1. The largest absolute Gasteiger partial charge is 0.333 e. The lowest BCUT2D eigenvalue weighted by Crippen LogP contribution is -2.59. The number of nitrogens with zero attached hydrogens (tertiary/aromatic N) is 3. The van der Waals surface area contributed by atoms with Crippen LogP contribution in [0.4, 0.5) is 4.79 Å². The topological polar surface area (TPSA) is 50.2 Å². The van der Waals surface area contributed by atoms with Crippen LogP contribution in [0.1, 0.15) is 31.1 Å². The maximum Gasteiger partial charge on any atom is 0.318 e. The summed E-state index contributed by atoms with van der Waals surface area (Å²) in [6.45, 7) is 10.7. The number of nitrogens with one attached hydrogen (secondary N) is 1. The van der Waals surface area contributed by atoms with Gasteiger partial charge in [0.05, 0.1) is 18.3 Å². The first kappa shape index (κ1) is 13.8. The molecule has 0 radical (unpaired) electrons. The van der Waals surface area contributed by atoms with Gasteiger partial charge in [0.1, 0.15) is 5.82 Å². The molecule has 2 aliphatic rings. The maximum atomic E-state index is 12.4. The van der Waals surface area contributed by atoms with Gasteiger partial charge in [-0.3, -0.25) is 0 Å². The van der Waals surface area contributed by atoms with E-state index in [0.717, 1.165) is 30.4 Å². The highest BCUT2D eigenvalue weighted by molar-refractivity contribution is 8.02. The van der Waals surface area contributed by atoms with E-state index in [-0.39, 0.29) is 16.8 Å². The van der Waals surface area contributed by atoms with Gasteiger partial charge in [-0.25, -0.2) is 9.78 Å². The van der Waals surface area contributed by atoms with E-state index in [2.05, 4.69) is 35.6 Å². The van der Waals surface area contributed by atoms with Crippen molar-refractivity contribution in [2.45, 2.75) is 51.6 Å². The second kappa shape index (κ2) is 4.69. The minimum absolute atomic E-state index is 0.0490. The summed E-state index contributed by atoms with van der Waals surface area (Å²) in [5.74, 6) is 2.02. The average Bonchev–Trinajstić information content (AvgIpc) is 2.69. The highest BCUT2D eigenvalue weighted by atomic mass is 32.2. The monoisotopic (exact) mass is 294 g/mol. The molecule has 20 heavy (non-hydrogen) atoms. The zero-order chi connectivity index (χ0) is 14.5. The summed E-state index contributed by atoms with van der Waals surface area (Å²) in [6.07, 6.45) is 0. The van der Waals surface area contributed by atoms with E-state index in [4.69, 9.17) is 0 Å². The first-order valence-corrected chi connectivity index (χ1v) is 8.09. The van der Waals surface area contributed by atoms with Crippen molar-refractivity contribution in [3.63, 3.8) is 0 Å². The quantitative estimate of drug-likeness (QED) is 0.861. The van der Waals surface area contributed by atoms with Crippen LogP contribution in [-0.2, 0) is 13.1 Å². The molecule has 5 nitrogen and oxygen atoms in total. The number of urea groups is 1. The Bertz CT molecular complexity index is 552. The van der Waals surface area contributed by atoms with E-state index < -0.39 is 0 Å². The van der Waals surface area contributed by atoms with Crippen molar-refractivity contribution in [1.29, 1.82) is 0 Å². The lowest BCUT2D eigenvalue weighted by atomic mass is 10.0. The van der Waals surface area contributed by atoms with E-state index >= 15 is 0 Å². The molecule has 3 rings (SSSR count). The van der Waals surface area contributed by atoms with Gasteiger partial charge >= 0.3 is 6.03 Å². The third kappa shape index (κ3) is 2.20. The molecule has 0 aromatic carbocycles. The molecule has 1 N–H and O–H groups in total. The summed E-state index contributed by atoms with van der Waals surface area (Å²) in [7, 11) is 0. The van der Waals surface area contributed by atoms with Crippen LogP contribution in [0.5, 0.6) is 0 Å². The lowest BCUT2D eigenvalue weighted by Gasteiger charge is -2.44. The summed E-state index contributed by atoms with van der Waals surface area (Å²) in [5, 5.41) is 3.16. The number of hydrogen-bond acceptors (Lipinski definition) is 3. The maximum absolute atomic E-state index is 12.4. The summed E-state index contributed by atoms with van der Waals surface area (Å²) in [5.41, 5.74) is 2.29. The molecule has 3 heterocycles. The van der Waals surface area contributed by atoms with E-state index in [1.165, 1.54) is 5.69 Å². The Morgan fingerprint density at radius 1 is 1.40 bits per heavy atom. The van der Waals surface area contributed by atoms with Crippen LogP contribution in [0.2, 0.25) is 0 Å². The Balaban J connectivity index is 1.66. The summed E-state index contributed by atoms with van der Waals surface area (Å²) in [4.78, 5) is 18.8. The Morgan fingerprint density at radius 3 is 2.75 bits per heavy atom. The minimum atomic E-state index is 0.0490. The highest BCUT2D eigenvalue weighted by Gasteiger charge is 2.41. The van der Waals surface area contributed by atoms with Crippen molar-refractivity contribution in [1.82, 2.24) is 19.8 Å². The van der Waals surface area contributed by atoms with Crippen molar-refractivity contribution in [3.8, 4) is 0 Å². The molecule has 2 amide bonds. The van der Waals surface area contributed by atoms with Crippen LogP contribution in [0, 0.1) is 13.8 Å². The Morgan fingerprint density at radius 2 is 2.15 bits per heavy atom. The molecule has 1 aromatic heterocycles. The molecule has 1 fully saturated rings. The van der Waals surface area contributed by atoms with Gasteiger partial charge in [-0.1, -0.05) is 0 Å². The summed E-state index contributed by atoms with van der Waals surface area (Å²) in [6, 6.07) is 0.332. The fraction of sp³-hybridized carbons (Fsp3) is 0.714. The van der Waals surface area contributed by atoms with Gasteiger partial charge in [-0.2, -0.15) is 11.8 Å². The van der Waals surface area contributed by atoms with Crippen molar-refractivity contribution in [3.05, 3.63) is 17.2 Å². The number of aromatic nitrogens is 2. The van der Waals surface area contributed by atoms with Gasteiger partial charge in [-0.05, 0) is 27.7 Å². The molecular weight excluding hydrogens is 272 g/mol. The van der Waals surface area contributed by atoms with Gasteiger partial charge < -0.3 is 14.8 Å². The number of imidazole rings is 1. The number of amides is 2. The van der Waals surface area contributed by atoms with Crippen LogP contribution in [-0.4, -0.2) is 43.6 Å². The number of hydrogen-bond donors (Lipinski definition) is 1. The van der Waals surface area contributed by atoms with Crippen LogP contribution in [0.25, 0.3) is 0 Å². The van der Waals surface area contributed by atoms with Crippen LogP contribution >= 0.6 is 11.8 Å². The van der Waals surface area contributed by atoms with Crippen LogP contribution in [0.3, 0.4) is 0 Å². The van der Waals surface area contributed by atoms with Crippen LogP contribution < -0.4 is 5.32 Å². The molecule has 0 saturated carbocycles. The zero-order valence-electron chi connectivity index (χ0n) is 12.6. The van der Waals surface area contributed by atoms with E-state index in [1.54, 1.807) is 0 Å². The van der Waals surface area contributed by atoms with E-state index in [1.807, 2.05) is 23.6 Å². The third-order valence-electron chi connectivity index (χ3n) is 4.51. The molecular formula is C14H22N4OS. The highest BCUT2D eigenvalue weighted by Crippen LogP contribution is 2.39. The number of carbonyl (C=O) groups excluding carboxylic acids is 1. The van der Waals surface area contributed by atoms with Crippen LogP contribution in [0.15, 0.2) is 0 Å². The molecule has 1 aromatic rings. The van der Waals surface area contributed by atoms with E-state index in [0.29, 0.717) is 6.54 Å². The van der Waals surface area contributed by atoms with E-state index in [9.17, 15) is 4.79 Å². The molecule has 110 valence electrons. The van der Waals surface area contributed by atoms with Crippen molar-refractivity contribution < 1.29 is 4.79 Å². The molecule has 1 saturated heterocycles. The second-order valence-corrected chi connectivity index (χ2v) is 7.86. The average molecular weight is 294 g/mol. The van der Waals surface area contributed by atoms with Gasteiger partial charge in [-0.15, -0.1) is 0 Å². The third-order valence-corrected chi connectivity index (χ3v) is 6.04. The number of fused-ring (bicyclic) bond motifs is 1. The minimum Gasteiger partial charge on any atom is -0.333 e. The summed E-state index contributed by atoms with van der Waals surface area (Å²) < 4.78 is 2.39. The van der Waals surface area contributed by atoms with Gasteiger partial charge in [0, 0.05) is 29.3 Å². The first-order chi connectivity index (χ1) is 9.38. The molecule has 1 atom stereocenters. The lowest BCUT2D eigenvalue weighted by molar-refractivity contribution is 0.176. The van der Waals surface area contributed by atoms with Crippen molar-refractivity contribution in [2.24, 2.45) is 0 Å². The SMILES string of the molecule is Cc1nc2n(c1C)CCN(C(=O)NC1CSC1(C)C)C2. The normalized spacial score (nSPS) is 24.0. The molecule has 2 aliphatic heterocycles. The Labute approximate surface area is 124 Å². The number of thioether (sulfide) groups is 1. The molecule has 0 spiro atoms. The van der Waals surface area contributed by atoms with Gasteiger partial charge in [0.2, 0.25) is 0 Å². The Kier molecular flexibility index (Phi) is 3.23. The molecule has 0 aliphatic carbocycles. The first-order valence-electron chi connectivity index (χ1n) is 7.10. The fourth-order valence-corrected chi connectivity index (χ4v) is 3.88. The second-order valence-electron chi connectivity index (χ2n) is 6.19. The smallest absolute Gasteiger partial charge is 0.318 e. The van der Waals surface area contributed by atoms with Gasteiger partial charge in [0.25, 0.3) is 0 Å².